The van der Waals surface area contributed by atoms with Crippen LogP contribution in [0.3, 0.4) is 0 Å². The monoisotopic (exact) mass is 229 g/mol. The smallest absolute Gasteiger partial charge is 0.174 e. The highest BCUT2D eigenvalue weighted by molar-refractivity contribution is 6.33. The largest absolute Gasteiger partial charge is 0.506 e. The summed E-state index contributed by atoms with van der Waals surface area (Å²) >= 11 is 5.50. The summed E-state index contributed by atoms with van der Waals surface area (Å²) in [7, 11) is 0. The van der Waals surface area contributed by atoms with Crippen LogP contribution in [0.4, 0.5) is 4.39 Å². The Morgan fingerprint density at radius 3 is 2.40 bits per heavy atom. The van der Waals surface area contributed by atoms with Gasteiger partial charge in [-0.3, -0.25) is 0 Å². The summed E-state index contributed by atoms with van der Waals surface area (Å²) in [6, 6.07) is 2.81. The summed E-state index contributed by atoms with van der Waals surface area (Å²) in [6.07, 6.45) is 0. The zero-order chi connectivity index (χ0) is 11.8. The number of halogens is 2. The molecule has 5 heteroatoms. The van der Waals surface area contributed by atoms with E-state index in [9.17, 15) is 9.50 Å². The molecule has 2 N–H and O–H groups in total. The van der Waals surface area contributed by atoms with Crippen LogP contribution in [0.5, 0.6) is 11.5 Å². The van der Waals surface area contributed by atoms with Crippen molar-refractivity contribution in [2.45, 2.75) is 19.3 Å². The van der Waals surface area contributed by atoms with Gasteiger partial charge in [-0.1, -0.05) is 11.6 Å². The van der Waals surface area contributed by atoms with E-state index in [0.29, 0.717) is 0 Å². The van der Waals surface area contributed by atoms with E-state index in [0.717, 1.165) is 6.07 Å². The molecular formula is C10H9ClFNO2. The van der Waals surface area contributed by atoms with E-state index in [1.165, 1.54) is 13.8 Å². The predicted octanol–water partition coefficient (Wildman–Crippen LogP) is 2.69. The molecule has 1 aromatic rings. The van der Waals surface area contributed by atoms with Crippen molar-refractivity contribution in [1.82, 2.24) is 0 Å². The van der Waals surface area contributed by atoms with Gasteiger partial charge < -0.3 is 10.2 Å². The van der Waals surface area contributed by atoms with Crippen LogP contribution in [0, 0.1) is 17.1 Å². The Kier molecular flexibility index (Phi) is 2.78. The van der Waals surface area contributed by atoms with Crippen LogP contribution in [-0.2, 0) is 5.41 Å². The van der Waals surface area contributed by atoms with Crippen molar-refractivity contribution < 1.29 is 14.6 Å². The Hall–Kier alpha value is -1.47. The Morgan fingerprint density at radius 2 is 1.93 bits per heavy atom. The minimum Gasteiger partial charge on any atom is -0.506 e. The maximum atomic E-state index is 13.1. The Labute approximate surface area is 91.3 Å². The van der Waals surface area contributed by atoms with Gasteiger partial charge in [-0.05, 0) is 19.9 Å². The number of phenolic OH excluding ortho intramolecular Hbond substituents is 2. The molecule has 1 rings (SSSR count). The first-order valence-electron chi connectivity index (χ1n) is 4.13. The van der Waals surface area contributed by atoms with Crippen molar-refractivity contribution in [2.75, 3.05) is 0 Å². The van der Waals surface area contributed by atoms with Crippen molar-refractivity contribution in [3.63, 3.8) is 0 Å². The fraction of sp³-hybridized carbons (Fsp3) is 0.300. The normalized spacial score (nSPS) is 11.1. The van der Waals surface area contributed by atoms with Crippen molar-refractivity contribution in [3.05, 3.63) is 22.5 Å². The number of nitriles is 1. The van der Waals surface area contributed by atoms with E-state index in [4.69, 9.17) is 22.0 Å². The first-order chi connectivity index (χ1) is 6.81. The van der Waals surface area contributed by atoms with Crippen molar-refractivity contribution in [3.8, 4) is 17.6 Å². The van der Waals surface area contributed by atoms with Crippen LogP contribution in [0.2, 0.25) is 5.02 Å². The fourth-order valence-electron chi connectivity index (χ4n) is 1.14. The molecule has 0 unspecified atom stereocenters. The summed E-state index contributed by atoms with van der Waals surface area (Å²) in [5.41, 5.74) is -1.03. The van der Waals surface area contributed by atoms with E-state index in [2.05, 4.69) is 0 Å². The molecule has 15 heavy (non-hydrogen) atoms. The highest BCUT2D eigenvalue weighted by Crippen LogP contribution is 2.42. The SMILES string of the molecule is CC(C)(C#N)c1cc(F)c(O)c(Cl)c1O. The Bertz CT molecular complexity index is 452. The summed E-state index contributed by atoms with van der Waals surface area (Å²) in [5.74, 6) is -2.25. The third kappa shape index (κ3) is 1.83. The van der Waals surface area contributed by atoms with Gasteiger partial charge in [0.1, 0.15) is 10.8 Å². The molecule has 0 aromatic heterocycles. The standard InChI is InChI=1S/C10H9ClFNO2/c1-10(2,4-13)5-3-6(12)9(15)7(11)8(5)14/h3,14-15H,1-2H3. The lowest BCUT2D eigenvalue weighted by molar-refractivity contribution is 0.412. The van der Waals surface area contributed by atoms with Gasteiger partial charge in [-0.25, -0.2) is 4.39 Å². The van der Waals surface area contributed by atoms with Crippen LogP contribution in [0.25, 0.3) is 0 Å². The van der Waals surface area contributed by atoms with E-state index in [1.807, 2.05) is 6.07 Å². The number of nitrogens with zero attached hydrogens (tertiary/aromatic N) is 1. The summed E-state index contributed by atoms with van der Waals surface area (Å²) in [5, 5.41) is 27.0. The molecule has 1 aromatic carbocycles. The van der Waals surface area contributed by atoms with Gasteiger partial charge in [0, 0.05) is 5.56 Å². The van der Waals surface area contributed by atoms with Crippen LogP contribution < -0.4 is 0 Å². The molecular weight excluding hydrogens is 221 g/mol. The Morgan fingerprint density at radius 1 is 1.40 bits per heavy atom. The lowest BCUT2D eigenvalue weighted by atomic mass is 9.85. The zero-order valence-corrected chi connectivity index (χ0v) is 8.93. The van der Waals surface area contributed by atoms with Crippen molar-refractivity contribution in [1.29, 1.82) is 5.26 Å². The highest BCUT2D eigenvalue weighted by Gasteiger charge is 2.28. The molecule has 0 spiro atoms. The lowest BCUT2D eigenvalue weighted by Gasteiger charge is -2.18. The minimum atomic E-state index is -1.08. The van der Waals surface area contributed by atoms with Crippen LogP contribution in [0.1, 0.15) is 19.4 Å². The molecule has 0 aliphatic carbocycles. The second-order valence-electron chi connectivity index (χ2n) is 3.65. The third-order valence-corrected chi connectivity index (χ3v) is 2.48. The zero-order valence-electron chi connectivity index (χ0n) is 8.17. The average molecular weight is 230 g/mol. The van der Waals surface area contributed by atoms with E-state index >= 15 is 0 Å². The van der Waals surface area contributed by atoms with Crippen LogP contribution >= 0.6 is 11.6 Å². The molecule has 0 aliphatic heterocycles. The topological polar surface area (TPSA) is 64.2 Å². The second-order valence-corrected chi connectivity index (χ2v) is 4.03. The Balaban J connectivity index is 3.54. The highest BCUT2D eigenvalue weighted by atomic mass is 35.5. The predicted molar refractivity (Wildman–Crippen MR) is 53.4 cm³/mol. The van der Waals surface area contributed by atoms with Crippen molar-refractivity contribution >= 4 is 11.6 Å². The molecule has 80 valence electrons. The molecule has 0 aliphatic rings. The quantitative estimate of drug-likeness (QED) is 0.778. The van der Waals surface area contributed by atoms with Gasteiger partial charge in [0.25, 0.3) is 0 Å². The van der Waals surface area contributed by atoms with E-state index in [1.54, 1.807) is 0 Å². The molecule has 0 heterocycles. The number of phenols is 2. The third-order valence-electron chi connectivity index (χ3n) is 2.12. The lowest BCUT2D eigenvalue weighted by Crippen LogP contribution is -2.14. The number of benzene rings is 1. The number of hydrogen-bond acceptors (Lipinski definition) is 3. The van der Waals surface area contributed by atoms with Gasteiger partial charge in [0.2, 0.25) is 0 Å². The summed E-state index contributed by atoms with van der Waals surface area (Å²) in [6.45, 7) is 3.02. The molecule has 0 fully saturated rings. The molecule has 0 bridgehead atoms. The maximum absolute atomic E-state index is 13.1. The summed E-state index contributed by atoms with van der Waals surface area (Å²) in [4.78, 5) is 0. The maximum Gasteiger partial charge on any atom is 0.174 e. The van der Waals surface area contributed by atoms with Gasteiger partial charge in [0.15, 0.2) is 11.6 Å². The minimum absolute atomic E-state index is 0.0466. The number of aromatic hydroxyl groups is 2. The molecule has 0 radical (unpaired) electrons. The van der Waals surface area contributed by atoms with Gasteiger partial charge in [-0.2, -0.15) is 5.26 Å². The molecule has 0 saturated heterocycles. The fourth-order valence-corrected chi connectivity index (χ4v) is 1.33. The van der Waals surface area contributed by atoms with Crippen LogP contribution in [-0.4, -0.2) is 10.2 Å². The van der Waals surface area contributed by atoms with Gasteiger partial charge in [0.05, 0.1) is 11.5 Å². The summed E-state index contributed by atoms with van der Waals surface area (Å²) < 4.78 is 13.1. The van der Waals surface area contributed by atoms with Gasteiger partial charge in [-0.15, -0.1) is 0 Å². The van der Waals surface area contributed by atoms with E-state index in [-0.39, 0.29) is 5.56 Å². The first-order valence-corrected chi connectivity index (χ1v) is 4.50. The average Bonchev–Trinajstić information content (AvgIpc) is 2.20. The number of rotatable bonds is 1. The van der Waals surface area contributed by atoms with Crippen LogP contribution in [0.15, 0.2) is 6.07 Å². The van der Waals surface area contributed by atoms with E-state index < -0.39 is 27.8 Å². The van der Waals surface area contributed by atoms with Gasteiger partial charge >= 0.3 is 0 Å². The molecule has 0 atom stereocenters. The second kappa shape index (κ2) is 3.59. The van der Waals surface area contributed by atoms with Crippen molar-refractivity contribution in [2.24, 2.45) is 0 Å². The molecule has 0 saturated carbocycles. The molecule has 0 amide bonds. The first kappa shape index (κ1) is 11.6. The molecule has 3 nitrogen and oxygen atoms in total. The number of hydrogen-bond donors (Lipinski definition) is 2.